The van der Waals surface area contributed by atoms with Crippen molar-refractivity contribution in [3.63, 3.8) is 0 Å². The SMILES string of the molecule is COc1ccc(-n2ccnc2SCC(=O)NCc2c(C)cc(C)[nH]c2=O)cc1. The topological polar surface area (TPSA) is 89.0 Å². The lowest BCUT2D eigenvalue weighted by Crippen LogP contribution is -2.29. The highest BCUT2D eigenvalue weighted by Gasteiger charge is 2.11. The molecular formula is C20H22N4O3S. The third-order valence-electron chi connectivity index (χ3n) is 4.25. The minimum absolute atomic E-state index is 0.159. The fourth-order valence-electron chi connectivity index (χ4n) is 2.81. The van der Waals surface area contributed by atoms with E-state index in [1.54, 1.807) is 13.3 Å². The molecule has 3 rings (SSSR count). The molecule has 0 saturated heterocycles. The number of hydrogen-bond acceptors (Lipinski definition) is 5. The molecule has 8 heteroatoms. The van der Waals surface area contributed by atoms with Crippen molar-refractivity contribution in [2.45, 2.75) is 25.5 Å². The fourth-order valence-corrected chi connectivity index (χ4v) is 3.61. The number of hydrogen-bond donors (Lipinski definition) is 2. The Morgan fingerprint density at radius 1 is 1.29 bits per heavy atom. The zero-order chi connectivity index (χ0) is 20.1. The second-order valence-electron chi connectivity index (χ2n) is 6.29. The van der Waals surface area contributed by atoms with Crippen LogP contribution in [0.25, 0.3) is 5.69 Å². The van der Waals surface area contributed by atoms with Crippen LogP contribution in [0.5, 0.6) is 5.75 Å². The molecule has 0 saturated carbocycles. The van der Waals surface area contributed by atoms with Gasteiger partial charge in [-0.25, -0.2) is 4.98 Å². The summed E-state index contributed by atoms with van der Waals surface area (Å²) < 4.78 is 7.08. The Bertz CT molecular complexity index is 1020. The second kappa shape index (κ2) is 8.79. The predicted octanol–water partition coefficient (Wildman–Crippen LogP) is 2.59. The molecule has 1 amide bonds. The average molecular weight is 398 g/mol. The number of carbonyl (C=O) groups is 1. The summed E-state index contributed by atoms with van der Waals surface area (Å²) in [6, 6.07) is 9.49. The van der Waals surface area contributed by atoms with Crippen molar-refractivity contribution in [2.75, 3.05) is 12.9 Å². The summed E-state index contributed by atoms with van der Waals surface area (Å²) in [6.07, 6.45) is 3.54. The average Bonchev–Trinajstić information content (AvgIpc) is 3.14. The first-order valence-corrected chi connectivity index (χ1v) is 9.73. The van der Waals surface area contributed by atoms with Gasteiger partial charge in [0.2, 0.25) is 5.91 Å². The van der Waals surface area contributed by atoms with E-state index in [0.717, 1.165) is 22.7 Å². The highest BCUT2D eigenvalue weighted by molar-refractivity contribution is 7.99. The van der Waals surface area contributed by atoms with E-state index in [0.29, 0.717) is 10.7 Å². The van der Waals surface area contributed by atoms with E-state index in [2.05, 4.69) is 15.3 Å². The van der Waals surface area contributed by atoms with Crippen LogP contribution in [0.3, 0.4) is 0 Å². The number of nitrogens with one attached hydrogen (secondary N) is 2. The number of aromatic amines is 1. The van der Waals surface area contributed by atoms with Crippen molar-refractivity contribution >= 4 is 17.7 Å². The van der Waals surface area contributed by atoms with Gasteiger partial charge in [-0.15, -0.1) is 0 Å². The lowest BCUT2D eigenvalue weighted by atomic mass is 10.1. The molecule has 146 valence electrons. The van der Waals surface area contributed by atoms with Gasteiger partial charge in [0.25, 0.3) is 5.56 Å². The lowest BCUT2D eigenvalue weighted by molar-refractivity contribution is -0.118. The summed E-state index contributed by atoms with van der Waals surface area (Å²) in [6.45, 7) is 3.90. The fraction of sp³-hybridized carbons (Fsp3) is 0.250. The van der Waals surface area contributed by atoms with Crippen molar-refractivity contribution in [1.29, 1.82) is 0 Å². The Labute approximate surface area is 167 Å². The van der Waals surface area contributed by atoms with Gasteiger partial charge in [0.1, 0.15) is 5.75 Å². The molecule has 0 unspecified atom stereocenters. The second-order valence-corrected chi connectivity index (χ2v) is 7.23. The number of amides is 1. The zero-order valence-electron chi connectivity index (χ0n) is 16.0. The first-order chi connectivity index (χ1) is 13.5. The molecular weight excluding hydrogens is 376 g/mol. The Balaban J connectivity index is 1.60. The largest absolute Gasteiger partial charge is 0.497 e. The van der Waals surface area contributed by atoms with E-state index >= 15 is 0 Å². The van der Waals surface area contributed by atoms with Gasteiger partial charge in [0, 0.05) is 35.9 Å². The highest BCUT2D eigenvalue weighted by atomic mass is 32.2. The van der Waals surface area contributed by atoms with Crippen LogP contribution in [0.4, 0.5) is 0 Å². The minimum atomic E-state index is -0.166. The standard InChI is InChI=1S/C20H22N4O3S/c1-13-10-14(2)23-19(26)17(13)11-22-18(25)12-28-20-21-8-9-24(20)15-4-6-16(27-3)7-5-15/h4-10H,11-12H2,1-3H3,(H,22,25)(H,23,26). The summed E-state index contributed by atoms with van der Waals surface area (Å²) in [5, 5.41) is 3.52. The lowest BCUT2D eigenvalue weighted by Gasteiger charge is -2.10. The molecule has 2 heterocycles. The summed E-state index contributed by atoms with van der Waals surface area (Å²) in [7, 11) is 1.62. The third-order valence-corrected chi connectivity index (χ3v) is 5.21. The molecule has 0 aliphatic rings. The van der Waals surface area contributed by atoms with Crippen molar-refractivity contribution in [1.82, 2.24) is 19.9 Å². The Kier molecular flexibility index (Phi) is 6.20. The monoisotopic (exact) mass is 398 g/mol. The minimum Gasteiger partial charge on any atom is -0.497 e. The van der Waals surface area contributed by atoms with Crippen molar-refractivity contribution in [3.05, 3.63) is 69.9 Å². The molecule has 3 aromatic rings. The van der Waals surface area contributed by atoms with Gasteiger partial charge in [-0.05, 0) is 49.7 Å². The smallest absolute Gasteiger partial charge is 0.253 e. The number of pyridine rings is 1. The predicted molar refractivity (Wildman–Crippen MR) is 109 cm³/mol. The summed E-state index contributed by atoms with van der Waals surface area (Å²) in [4.78, 5) is 31.3. The van der Waals surface area contributed by atoms with E-state index in [4.69, 9.17) is 4.74 Å². The number of imidazole rings is 1. The van der Waals surface area contributed by atoms with Crippen molar-refractivity contribution in [3.8, 4) is 11.4 Å². The maximum Gasteiger partial charge on any atom is 0.253 e. The third kappa shape index (κ3) is 4.64. The molecule has 1 aromatic carbocycles. The summed E-state index contributed by atoms with van der Waals surface area (Å²) in [5.41, 5.74) is 3.01. The van der Waals surface area contributed by atoms with Gasteiger partial charge in [-0.2, -0.15) is 0 Å². The Morgan fingerprint density at radius 2 is 2.04 bits per heavy atom. The van der Waals surface area contributed by atoms with Gasteiger partial charge >= 0.3 is 0 Å². The molecule has 2 N–H and O–H groups in total. The van der Waals surface area contributed by atoms with Crippen LogP contribution >= 0.6 is 11.8 Å². The first-order valence-electron chi connectivity index (χ1n) is 8.74. The first kappa shape index (κ1) is 19.8. The van der Waals surface area contributed by atoms with E-state index in [1.807, 2.05) is 54.9 Å². The molecule has 0 bridgehead atoms. The van der Waals surface area contributed by atoms with Crippen LogP contribution in [0.2, 0.25) is 0 Å². The number of carbonyl (C=O) groups excluding carboxylic acids is 1. The Hall–Kier alpha value is -3.00. The van der Waals surface area contributed by atoms with Crippen LogP contribution in [0.15, 0.2) is 52.7 Å². The molecule has 0 aliphatic heterocycles. The molecule has 2 aromatic heterocycles. The van der Waals surface area contributed by atoms with Gasteiger partial charge in [-0.1, -0.05) is 11.8 Å². The van der Waals surface area contributed by atoms with Gasteiger partial charge in [0.15, 0.2) is 5.16 Å². The van der Waals surface area contributed by atoms with Crippen molar-refractivity contribution in [2.24, 2.45) is 0 Å². The number of rotatable bonds is 7. The van der Waals surface area contributed by atoms with Crippen LogP contribution < -0.4 is 15.6 Å². The van der Waals surface area contributed by atoms with Crippen LogP contribution in [0, 0.1) is 13.8 Å². The number of ether oxygens (including phenoxy) is 1. The number of nitrogens with zero attached hydrogens (tertiary/aromatic N) is 2. The van der Waals surface area contributed by atoms with E-state index in [1.165, 1.54) is 11.8 Å². The number of aryl methyl sites for hydroxylation is 2. The molecule has 0 aliphatic carbocycles. The van der Waals surface area contributed by atoms with Crippen molar-refractivity contribution < 1.29 is 9.53 Å². The number of H-pyrrole nitrogens is 1. The molecule has 0 radical (unpaired) electrons. The highest BCUT2D eigenvalue weighted by Crippen LogP contribution is 2.22. The van der Waals surface area contributed by atoms with Gasteiger partial charge < -0.3 is 15.0 Å². The number of benzene rings is 1. The number of thioether (sulfide) groups is 1. The molecule has 0 spiro atoms. The van der Waals surface area contributed by atoms with Crippen LogP contribution in [-0.4, -0.2) is 33.3 Å². The van der Waals surface area contributed by atoms with Crippen LogP contribution in [-0.2, 0) is 11.3 Å². The summed E-state index contributed by atoms with van der Waals surface area (Å²) >= 11 is 1.34. The van der Waals surface area contributed by atoms with Crippen LogP contribution in [0.1, 0.15) is 16.8 Å². The quantitative estimate of drug-likeness (QED) is 0.597. The van der Waals surface area contributed by atoms with E-state index < -0.39 is 0 Å². The van der Waals surface area contributed by atoms with E-state index in [-0.39, 0.29) is 23.8 Å². The maximum absolute atomic E-state index is 12.2. The number of methoxy groups -OCH3 is 1. The normalized spacial score (nSPS) is 10.7. The maximum atomic E-state index is 12.2. The molecule has 0 atom stereocenters. The number of aromatic nitrogens is 3. The van der Waals surface area contributed by atoms with Gasteiger partial charge in [-0.3, -0.25) is 14.2 Å². The molecule has 7 nitrogen and oxygen atoms in total. The zero-order valence-corrected chi connectivity index (χ0v) is 16.8. The van der Waals surface area contributed by atoms with E-state index in [9.17, 15) is 9.59 Å². The van der Waals surface area contributed by atoms with Gasteiger partial charge in [0.05, 0.1) is 12.9 Å². The Morgan fingerprint density at radius 3 is 2.71 bits per heavy atom. The molecule has 28 heavy (non-hydrogen) atoms. The molecule has 0 fully saturated rings. The summed E-state index contributed by atoms with van der Waals surface area (Å²) in [5.74, 6) is 0.822.